The molecule has 23 heavy (non-hydrogen) atoms. The zero-order chi connectivity index (χ0) is 16.2. The van der Waals surface area contributed by atoms with Gasteiger partial charge in [0.15, 0.2) is 5.96 Å². The lowest BCUT2D eigenvalue weighted by Gasteiger charge is -2.18. The highest BCUT2D eigenvalue weighted by atomic mass is 127. The first-order valence-electron chi connectivity index (χ1n) is 9.01. The molecule has 2 N–H and O–H groups in total. The Labute approximate surface area is 159 Å². The van der Waals surface area contributed by atoms with Gasteiger partial charge in [-0.3, -0.25) is 4.79 Å². The zero-order valence-corrected chi connectivity index (χ0v) is 17.4. The van der Waals surface area contributed by atoms with Gasteiger partial charge in [-0.15, -0.1) is 24.0 Å². The number of guanidine groups is 1. The summed E-state index contributed by atoms with van der Waals surface area (Å²) in [5.41, 5.74) is 0. The number of carbonyl (C=O) groups excluding carboxylic acids is 1. The van der Waals surface area contributed by atoms with E-state index in [2.05, 4.69) is 29.5 Å². The molecule has 0 aromatic carbocycles. The number of hydrogen-bond acceptors (Lipinski definition) is 2. The van der Waals surface area contributed by atoms with Gasteiger partial charge in [0.25, 0.3) is 0 Å². The number of likely N-dealkylation sites (tertiary alicyclic amines) is 1. The number of nitrogens with zero attached hydrogens (tertiary/aromatic N) is 2. The smallest absolute Gasteiger partial charge is 0.244 e. The second kappa shape index (κ2) is 13.9. The molecule has 1 aliphatic heterocycles. The molecule has 0 aromatic rings. The molecule has 0 aliphatic carbocycles. The minimum Gasteiger partial charge on any atom is -0.357 e. The second-order valence-corrected chi connectivity index (χ2v) is 6.08. The molecule has 1 fully saturated rings. The van der Waals surface area contributed by atoms with Crippen molar-refractivity contribution in [2.24, 2.45) is 10.9 Å². The number of carbonyl (C=O) groups is 1. The van der Waals surface area contributed by atoms with Crippen LogP contribution < -0.4 is 10.6 Å². The standard InChI is InChI=1S/C17H34N4O.HI/c1-4-7-10-15(5-2)13-19-17(18-6-3)20-14-16(22)21-11-8-9-12-21;/h15H,4-14H2,1-3H3,(H2,18,19,20);1H. The van der Waals surface area contributed by atoms with Gasteiger partial charge in [0.2, 0.25) is 5.91 Å². The van der Waals surface area contributed by atoms with E-state index in [4.69, 9.17) is 0 Å². The molecule has 1 amide bonds. The number of aliphatic imine (C=N–C) groups is 1. The molecular formula is C17H35IN4O. The van der Waals surface area contributed by atoms with Crippen LogP contribution in [0.1, 0.15) is 59.3 Å². The maximum Gasteiger partial charge on any atom is 0.244 e. The fourth-order valence-electron chi connectivity index (χ4n) is 2.74. The Morgan fingerprint density at radius 3 is 2.43 bits per heavy atom. The number of hydrogen-bond donors (Lipinski definition) is 2. The normalized spacial score (nSPS) is 16.0. The summed E-state index contributed by atoms with van der Waals surface area (Å²) in [7, 11) is 0. The molecule has 0 aromatic heterocycles. The Morgan fingerprint density at radius 1 is 1.17 bits per heavy atom. The quantitative estimate of drug-likeness (QED) is 0.331. The van der Waals surface area contributed by atoms with Gasteiger partial charge < -0.3 is 15.5 Å². The molecule has 5 nitrogen and oxygen atoms in total. The third kappa shape index (κ3) is 9.37. The van der Waals surface area contributed by atoms with Crippen molar-refractivity contribution in [2.75, 3.05) is 32.7 Å². The summed E-state index contributed by atoms with van der Waals surface area (Å²) in [6, 6.07) is 0. The van der Waals surface area contributed by atoms with Crippen molar-refractivity contribution >= 4 is 35.8 Å². The van der Waals surface area contributed by atoms with Gasteiger partial charge in [0, 0.05) is 26.2 Å². The highest BCUT2D eigenvalue weighted by Gasteiger charge is 2.17. The van der Waals surface area contributed by atoms with Crippen LogP contribution in [0.15, 0.2) is 4.99 Å². The lowest BCUT2D eigenvalue weighted by molar-refractivity contribution is -0.128. The molecule has 1 saturated heterocycles. The topological polar surface area (TPSA) is 56.7 Å². The number of unbranched alkanes of at least 4 members (excludes halogenated alkanes) is 1. The maximum absolute atomic E-state index is 12.1. The monoisotopic (exact) mass is 438 g/mol. The van der Waals surface area contributed by atoms with Crippen LogP contribution in [0.2, 0.25) is 0 Å². The lowest BCUT2D eigenvalue weighted by Crippen LogP contribution is -2.41. The summed E-state index contributed by atoms with van der Waals surface area (Å²) < 4.78 is 0. The van der Waals surface area contributed by atoms with Crippen molar-refractivity contribution in [2.45, 2.75) is 59.3 Å². The van der Waals surface area contributed by atoms with E-state index in [1.165, 1.54) is 25.7 Å². The molecular weight excluding hydrogens is 403 g/mol. The largest absolute Gasteiger partial charge is 0.357 e. The molecule has 1 atom stereocenters. The average molecular weight is 438 g/mol. The van der Waals surface area contributed by atoms with Crippen molar-refractivity contribution in [3.05, 3.63) is 0 Å². The molecule has 0 bridgehead atoms. The van der Waals surface area contributed by atoms with Crippen molar-refractivity contribution in [3.8, 4) is 0 Å². The van der Waals surface area contributed by atoms with E-state index in [9.17, 15) is 4.79 Å². The van der Waals surface area contributed by atoms with Crippen molar-refractivity contribution in [1.29, 1.82) is 0 Å². The van der Waals surface area contributed by atoms with E-state index in [1.54, 1.807) is 0 Å². The number of amides is 1. The van der Waals surface area contributed by atoms with Crippen LogP contribution in [0.25, 0.3) is 0 Å². The van der Waals surface area contributed by atoms with E-state index in [1.807, 2.05) is 11.8 Å². The highest BCUT2D eigenvalue weighted by Crippen LogP contribution is 2.11. The van der Waals surface area contributed by atoms with E-state index >= 15 is 0 Å². The minimum atomic E-state index is 0. The third-order valence-corrected chi connectivity index (χ3v) is 4.28. The summed E-state index contributed by atoms with van der Waals surface area (Å²) in [5.74, 6) is 1.59. The van der Waals surface area contributed by atoms with Gasteiger partial charge in [-0.1, -0.05) is 33.1 Å². The zero-order valence-electron chi connectivity index (χ0n) is 15.1. The number of nitrogens with one attached hydrogen (secondary N) is 2. The summed E-state index contributed by atoms with van der Waals surface area (Å²) >= 11 is 0. The van der Waals surface area contributed by atoms with E-state index in [0.717, 1.165) is 45.0 Å². The number of halogens is 1. The third-order valence-electron chi connectivity index (χ3n) is 4.28. The molecule has 1 unspecified atom stereocenters. The Kier molecular flexibility index (Phi) is 13.5. The lowest BCUT2D eigenvalue weighted by atomic mass is 9.99. The Morgan fingerprint density at radius 2 is 1.87 bits per heavy atom. The first kappa shape index (κ1) is 22.5. The Hall–Kier alpha value is -0.530. The maximum atomic E-state index is 12.1. The predicted octanol–water partition coefficient (Wildman–Crippen LogP) is 3.00. The summed E-state index contributed by atoms with van der Waals surface area (Å²) in [6.07, 6.45) is 7.22. The van der Waals surface area contributed by atoms with E-state index < -0.39 is 0 Å². The molecule has 0 radical (unpaired) electrons. The van der Waals surface area contributed by atoms with Gasteiger partial charge in [-0.2, -0.15) is 0 Å². The predicted molar refractivity (Wildman–Crippen MR) is 109 cm³/mol. The summed E-state index contributed by atoms with van der Waals surface area (Å²) in [5, 5.41) is 6.63. The van der Waals surface area contributed by atoms with Gasteiger partial charge >= 0.3 is 0 Å². The van der Waals surface area contributed by atoms with Crippen molar-refractivity contribution in [1.82, 2.24) is 15.5 Å². The SMILES string of the molecule is CCCCC(CC)CNC(=NCC(=O)N1CCCC1)NCC.I. The summed E-state index contributed by atoms with van der Waals surface area (Å²) in [4.78, 5) is 18.4. The van der Waals surface area contributed by atoms with Crippen LogP contribution >= 0.6 is 24.0 Å². The van der Waals surface area contributed by atoms with Gasteiger partial charge in [-0.25, -0.2) is 4.99 Å². The Balaban J connectivity index is 0.00000484. The molecule has 1 aliphatic rings. The molecule has 6 heteroatoms. The van der Waals surface area contributed by atoms with Crippen LogP contribution in [0.5, 0.6) is 0 Å². The van der Waals surface area contributed by atoms with Crippen LogP contribution in [0.3, 0.4) is 0 Å². The molecule has 0 saturated carbocycles. The highest BCUT2D eigenvalue weighted by molar-refractivity contribution is 14.0. The van der Waals surface area contributed by atoms with Crippen LogP contribution in [-0.4, -0.2) is 49.5 Å². The average Bonchev–Trinajstić information content (AvgIpc) is 3.06. The van der Waals surface area contributed by atoms with E-state index in [-0.39, 0.29) is 36.4 Å². The van der Waals surface area contributed by atoms with Crippen LogP contribution in [0, 0.1) is 5.92 Å². The first-order valence-corrected chi connectivity index (χ1v) is 9.01. The molecule has 136 valence electrons. The van der Waals surface area contributed by atoms with Crippen molar-refractivity contribution in [3.63, 3.8) is 0 Å². The van der Waals surface area contributed by atoms with Gasteiger partial charge in [0.1, 0.15) is 6.54 Å². The van der Waals surface area contributed by atoms with Gasteiger partial charge in [0.05, 0.1) is 0 Å². The molecule has 0 spiro atoms. The van der Waals surface area contributed by atoms with Gasteiger partial charge in [-0.05, 0) is 32.1 Å². The molecule has 1 rings (SSSR count). The second-order valence-electron chi connectivity index (χ2n) is 6.08. The van der Waals surface area contributed by atoms with E-state index in [0.29, 0.717) is 5.92 Å². The molecule has 1 heterocycles. The van der Waals surface area contributed by atoms with Crippen LogP contribution in [0.4, 0.5) is 0 Å². The minimum absolute atomic E-state index is 0. The Bertz CT molecular complexity index is 343. The first-order chi connectivity index (χ1) is 10.7. The fraction of sp³-hybridized carbons (Fsp3) is 0.882. The van der Waals surface area contributed by atoms with Crippen molar-refractivity contribution < 1.29 is 4.79 Å². The van der Waals surface area contributed by atoms with Crippen LogP contribution in [-0.2, 0) is 4.79 Å². The summed E-state index contributed by atoms with van der Waals surface area (Å²) in [6.45, 7) is 10.3. The fourth-order valence-corrected chi connectivity index (χ4v) is 2.74. The number of rotatable bonds is 9.